The standard InChI is InChI=1S/C20H39NO2/c1-5-7-8-9-10-11-12-13-14-15-16-23-20(22)17(3)19(6-2)18(4)21/h18H,5-16,21H2,1-4H3. The van der Waals surface area contributed by atoms with Crippen LogP contribution < -0.4 is 5.73 Å². The van der Waals surface area contributed by atoms with E-state index in [4.69, 9.17) is 10.5 Å². The molecule has 0 fully saturated rings. The van der Waals surface area contributed by atoms with Gasteiger partial charge in [0.2, 0.25) is 0 Å². The number of nitrogens with two attached hydrogens (primary N) is 1. The maximum atomic E-state index is 12.0. The first-order valence-corrected chi connectivity index (χ1v) is 9.66. The first kappa shape index (κ1) is 22.2. The predicted octanol–water partition coefficient (Wildman–Crippen LogP) is 5.52. The van der Waals surface area contributed by atoms with E-state index in [0.717, 1.165) is 24.8 Å². The first-order valence-electron chi connectivity index (χ1n) is 9.66. The van der Waals surface area contributed by atoms with Gasteiger partial charge in [0.15, 0.2) is 0 Å². The number of hydrogen-bond donors (Lipinski definition) is 1. The van der Waals surface area contributed by atoms with Crippen molar-refractivity contribution in [2.24, 2.45) is 5.73 Å². The van der Waals surface area contributed by atoms with Gasteiger partial charge < -0.3 is 10.5 Å². The lowest BCUT2D eigenvalue weighted by atomic mass is 10.0. The molecule has 23 heavy (non-hydrogen) atoms. The molecule has 0 aromatic rings. The van der Waals surface area contributed by atoms with E-state index in [9.17, 15) is 4.79 Å². The Hall–Kier alpha value is -0.830. The van der Waals surface area contributed by atoms with Crippen LogP contribution >= 0.6 is 0 Å². The zero-order valence-corrected chi connectivity index (χ0v) is 16.0. The minimum Gasteiger partial charge on any atom is -0.462 e. The van der Waals surface area contributed by atoms with Crippen LogP contribution in [0.3, 0.4) is 0 Å². The molecule has 1 unspecified atom stereocenters. The van der Waals surface area contributed by atoms with Crippen LogP contribution in [-0.4, -0.2) is 18.6 Å². The zero-order chi connectivity index (χ0) is 17.5. The molecule has 1 atom stereocenters. The van der Waals surface area contributed by atoms with Crippen molar-refractivity contribution in [3.05, 3.63) is 11.1 Å². The fourth-order valence-corrected chi connectivity index (χ4v) is 2.92. The van der Waals surface area contributed by atoms with E-state index in [1.165, 1.54) is 51.4 Å². The van der Waals surface area contributed by atoms with E-state index < -0.39 is 0 Å². The van der Waals surface area contributed by atoms with Gasteiger partial charge >= 0.3 is 5.97 Å². The SMILES string of the molecule is CCCCCCCCCCCCOC(=O)C(C)=C(CC)C(C)N. The summed E-state index contributed by atoms with van der Waals surface area (Å²) in [5.74, 6) is -0.199. The highest BCUT2D eigenvalue weighted by Crippen LogP contribution is 2.14. The average molecular weight is 326 g/mol. The summed E-state index contributed by atoms with van der Waals surface area (Å²) in [4.78, 5) is 12.0. The molecule has 0 bridgehead atoms. The normalized spacial score (nSPS) is 13.6. The molecule has 0 aromatic carbocycles. The summed E-state index contributed by atoms with van der Waals surface area (Å²) in [5, 5.41) is 0. The lowest BCUT2D eigenvalue weighted by molar-refractivity contribution is -0.139. The van der Waals surface area contributed by atoms with E-state index in [0.29, 0.717) is 12.2 Å². The highest BCUT2D eigenvalue weighted by molar-refractivity contribution is 5.88. The predicted molar refractivity (Wildman–Crippen MR) is 99.4 cm³/mol. The van der Waals surface area contributed by atoms with Gasteiger partial charge in [-0.25, -0.2) is 4.79 Å². The molecule has 3 heteroatoms. The molecule has 3 nitrogen and oxygen atoms in total. The number of ether oxygens (including phenoxy) is 1. The summed E-state index contributed by atoms with van der Waals surface area (Å²) in [5.41, 5.74) is 7.57. The molecule has 0 spiro atoms. The van der Waals surface area contributed by atoms with Gasteiger partial charge in [0, 0.05) is 11.6 Å². The van der Waals surface area contributed by atoms with Crippen LogP contribution in [0.2, 0.25) is 0 Å². The molecule has 136 valence electrons. The average Bonchev–Trinajstić information content (AvgIpc) is 2.52. The highest BCUT2D eigenvalue weighted by Gasteiger charge is 2.13. The van der Waals surface area contributed by atoms with Crippen molar-refractivity contribution in [1.82, 2.24) is 0 Å². The van der Waals surface area contributed by atoms with Crippen molar-refractivity contribution >= 4 is 5.97 Å². The Morgan fingerprint density at radius 3 is 1.83 bits per heavy atom. The van der Waals surface area contributed by atoms with Crippen LogP contribution in [0.15, 0.2) is 11.1 Å². The molecule has 0 aliphatic heterocycles. The molecule has 0 aromatic heterocycles. The lowest BCUT2D eigenvalue weighted by Gasteiger charge is -2.13. The molecule has 0 rings (SSSR count). The van der Waals surface area contributed by atoms with Crippen LogP contribution in [0.25, 0.3) is 0 Å². The van der Waals surface area contributed by atoms with Crippen molar-refractivity contribution < 1.29 is 9.53 Å². The summed E-state index contributed by atoms with van der Waals surface area (Å²) < 4.78 is 5.36. The monoisotopic (exact) mass is 325 g/mol. The second-order valence-electron chi connectivity index (χ2n) is 6.61. The molecule has 0 radical (unpaired) electrons. The number of esters is 1. The fraction of sp³-hybridized carbons (Fsp3) is 0.850. The third kappa shape index (κ3) is 11.4. The Kier molecular flexibility index (Phi) is 14.2. The Labute approximate surface area is 144 Å². The van der Waals surface area contributed by atoms with Crippen LogP contribution in [0.4, 0.5) is 0 Å². The molecular weight excluding hydrogens is 286 g/mol. The van der Waals surface area contributed by atoms with Gasteiger partial charge in [0.1, 0.15) is 0 Å². The first-order chi connectivity index (χ1) is 11.0. The van der Waals surface area contributed by atoms with Crippen molar-refractivity contribution in [1.29, 1.82) is 0 Å². The molecule has 0 aliphatic carbocycles. The zero-order valence-electron chi connectivity index (χ0n) is 16.0. The molecule has 0 saturated heterocycles. The summed E-state index contributed by atoms with van der Waals surface area (Å²) >= 11 is 0. The third-order valence-electron chi connectivity index (χ3n) is 4.45. The van der Waals surface area contributed by atoms with Crippen LogP contribution in [-0.2, 0) is 9.53 Å². The largest absolute Gasteiger partial charge is 0.462 e. The quantitative estimate of drug-likeness (QED) is 0.260. The van der Waals surface area contributed by atoms with Crippen LogP contribution in [0, 0.1) is 0 Å². The number of unbranched alkanes of at least 4 members (excludes halogenated alkanes) is 9. The molecule has 0 aliphatic rings. The minimum atomic E-state index is -0.199. The second kappa shape index (κ2) is 14.7. The number of hydrogen-bond acceptors (Lipinski definition) is 3. The van der Waals surface area contributed by atoms with Gasteiger partial charge in [-0.3, -0.25) is 0 Å². The van der Waals surface area contributed by atoms with Crippen LogP contribution in [0.1, 0.15) is 98.3 Å². The van der Waals surface area contributed by atoms with Gasteiger partial charge in [-0.1, -0.05) is 71.6 Å². The van der Waals surface area contributed by atoms with Crippen LogP contribution in [0.5, 0.6) is 0 Å². The summed E-state index contributed by atoms with van der Waals surface area (Å²) in [7, 11) is 0. The number of carbonyl (C=O) groups is 1. The molecular formula is C20H39NO2. The van der Waals surface area contributed by atoms with Crippen molar-refractivity contribution in [2.45, 2.75) is 104 Å². The third-order valence-corrected chi connectivity index (χ3v) is 4.45. The smallest absolute Gasteiger partial charge is 0.333 e. The van der Waals surface area contributed by atoms with E-state index in [1.54, 1.807) is 0 Å². The topological polar surface area (TPSA) is 52.3 Å². The second-order valence-corrected chi connectivity index (χ2v) is 6.61. The van der Waals surface area contributed by atoms with Crippen molar-refractivity contribution in [2.75, 3.05) is 6.61 Å². The van der Waals surface area contributed by atoms with Gasteiger partial charge in [-0.05, 0) is 32.3 Å². The number of rotatable bonds is 14. The Balaban J connectivity index is 3.63. The summed E-state index contributed by atoms with van der Waals surface area (Å²) in [6, 6.07) is -0.0788. The van der Waals surface area contributed by atoms with E-state index in [2.05, 4.69) is 6.92 Å². The number of carbonyl (C=O) groups excluding carboxylic acids is 1. The molecule has 0 saturated carbocycles. The molecule has 0 heterocycles. The summed E-state index contributed by atoms with van der Waals surface area (Å²) in [6.07, 6.45) is 13.7. The van der Waals surface area contributed by atoms with Crippen molar-refractivity contribution in [3.8, 4) is 0 Å². The van der Waals surface area contributed by atoms with Gasteiger partial charge in [0.25, 0.3) is 0 Å². The minimum absolute atomic E-state index is 0.0788. The molecule has 2 N–H and O–H groups in total. The fourth-order valence-electron chi connectivity index (χ4n) is 2.92. The van der Waals surface area contributed by atoms with Crippen molar-refractivity contribution in [3.63, 3.8) is 0 Å². The Morgan fingerprint density at radius 2 is 1.39 bits per heavy atom. The van der Waals surface area contributed by atoms with Gasteiger partial charge in [-0.15, -0.1) is 0 Å². The summed E-state index contributed by atoms with van der Waals surface area (Å²) in [6.45, 7) is 8.55. The van der Waals surface area contributed by atoms with Gasteiger partial charge in [0.05, 0.1) is 6.61 Å². The Morgan fingerprint density at radius 1 is 0.913 bits per heavy atom. The van der Waals surface area contributed by atoms with E-state index >= 15 is 0 Å². The maximum absolute atomic E-state index is 12.0. The van der Waals surface area contributed by atoms with E-state index in [1.807, 2.05) is 20.8 Å². The highest BCUT2D eigenvalue weighted by atomic mass is 16.5. The molecule has 0 amide bonds. The lowest BCUT2D eigenvalue weighted by Crippen LogP contribution is -2.21. The van der Waals surface area contributed by atoms with E-state index in [-0.39, 0.29) is 12.0 Å². The van der Waals surface area contributed by atoms with Gasteiger partial charge in [-0.2, -0.15) is 0 Å². The Bertz CT molecular complexity index is 335. The maximum Gasteiger partial charge on any atom is 0.333 e.